The fourth-order valence-electron chi connectivity index (χ4n) is 6.97. The topological polar surface area (TPSA) is 218 Å². The van der Waals surface area contributed by atoms with Gasteiger partial charge in [-0.25, -0.2) is 19.2 Å². The van der Waals surface area contributed by atoms with E-state index in [-0.39, 0.29) is 30.5 Å². The molecule has 0 saturated heterocycles. The Kier molecular flexibility index (Phi) is 15.3. The van der Waals surface area contributed by atoms with Crippen molar-refractivity contribution in [1.29, 1.82) is 0 Å². The predicted molar refractivity (Wildman–Crippen MR) is 250 cm³/mol. The highest BCUT2D eigenvalue weighted by atomic mass is 16.6. The van der Waals surface area contributed by atoms with Crippen LogP contribution in [-0.2, 0) is 32.3 Å². The molecule has 6 N–H and O–H groups in total. The van der Waals surface area contributed by atoms with E-state index < -0.39 is 36.2 Å². The standard InChI is InChI=1S/C25H25N3O4.C13H17NO4.C12H10N2O/c1-15(2)22(28-25(30)31-14-17-7-5-4-6-8-17)24(29)32-18-9-10-19-20-11-12-26-16(3)23(20)27-21(19)13-18;1-9(2)11(12(15)16)14-13(17)18-8-10-6-4-3-5-7-10;1-7-12-10(4-5-13-7)9-3-2-8(15)6-11(9)14-12/h4-13,15,22,27H,14H2,1-3H3,(H,28,30);3-7,9,11H,8H2,1-2H3,(H,14,17)(H,15,16);2-6,13-14H,1H3/t22-;11-;/m00./s1. The van der Waals surface area contributed by atoms with Gasteiger partial charge in [-0.3, -0.25) is 9.78 Å². The van der Waals surface area contributed by atoms with Crippen molar-refractivity contribution >= 4 is 67.7 Å². The van der Waals surface area contributed by atoms with E-state index in [9.17, 15) is 24.0 Å². The van der Waals surface area contributed by atoms with Crippen LogP contribution in [0.5, 0.6) is 5.75 Å². The van der Waals surface area contributed by atoms with E-state index >= 15 is 0 Å². The Balaban J connectivity index is 0.000000178. The van der Waals surface area contributed by atoms with Crippen molar-refractivity contribution in [2.75, 3.05) is 0 Å². The highest BCUT2D eigenvalue weighted by Gasteiger charge is 2.27. The van der Waals surface area contributed by atoms with Gasteiger partial charge in [-0.1, -0.05) is 88.4 Å². The summed E-state index contributed by atoms with van der Waals surface area (Å²) in [6, 6.07) is 31.3. The Morgan fingerprint density at radius 1 is 0.646 bits per heavy atom. The van der Waals surface area contributed by atoms with Gasteiger partial charge in [0.2, 0.25) is 0 Å². The maximum atomic E-state index is 12.8. The third kappa shape index (κ3) is 12.2. The molecule has 0 spiro atoms. The number of aliphatic carboxylic acids is 1. The summed E-state index contributed by atoms with van der Waals surface area (Å²) in [5.74, 6) is -1.61. The normalized spacial score (nSPS) is 11.9. The molecule has 4 aromatic carbocycles. The summed E-state index contributed by atoms with van der Waals surface area (Å²) in [5, 5.41) is 18.2. The molecule has 0 bridgehead atoms. The average Bonchev–Trinajstić information content (AvgIpc) is 3.86. The zero-order valence-electron chi connectivity index (χ0n) is 36.9. The van der Waals surface area contributed by atoms with Crippen LogP contribution in [0.4, 0.5) is 9.59 Å². The molecule has 0 saturated carbocycles. The molecule has 65 heavy (non-hydrogen) atoms. The Bertz CT molecular complexity index is 2980. The molecule has 0 fully saturated rings. The number of carbonyl (C=O) groups is 4. The summed E-state index contributed by atoms with van der Waals surface area (Å²) in [6.45, 7) is 11.3. The van der Waals surface area contributed by atoms with Crippen LogP contribution >= 0.6 is 0 Å². The number of rotatable bonds is 11. The molecule has 0 radical (unpaired) electrons. The van der Waals surface area contributed by atoms with Crippen LogP contribution in [0.1, 0.15) is 50.2 Å². The number of nitrogens with zero attached hydrogens (tertiary/aromatic N) is 1. The number of aromatic nitrogens is 4. The zero-order chi connectivity index (χ0) is 46.6. The van der Waals surface area contributed by atoms with Crippen LogP contribution in [0, 0.1) is 25.7 Å². The van der Waals surface area contributed by atoms with Gasteiger partial charge in [0.1, 0.15) is 31.0 Å². The number of H-pyrrole nitrogens is 3. The van der Waals surface area contributed by atoms with E-state index in [4.69, 9.17) is 19.3 Å². The maximum Gasteiger partial charge on any atom is 0.408 e. The van der Waals surface area contributed by atoms with Gasteiger partial charge in [0.05, 0.1) is 27.8 Å². The molecule has 0 unspecified atom stereocenters. The van der Waals surface area contributed by atoms with E-state index in [0.29, 0.717) is 5.75 Å². The molecular weight excluding hydrogens is 829 g/mol. The Labute approximate surface area is 374 Å². The van der Waals surface area contributed by atoms with E-state index in [1.807, 2.05) is 119 Å². The van der Waals surface area contributed by atoms with Gasteiger partial charge in [0, 0.05) is 51.8 Å². The van der Waals surface area contributed by atoms with Crippen LogP contribution in [-0.4, -0.2) is 61.3 Å². The molecule has 0 aliphatic carbocycles. The summed E-state index contributed by atoms with van der Waals surface area (Å²) >= 11 is 0. The Hall–Kier alpha value is -7.94. The number of ether oxygens (including phenoxy) is 3. The van der Waals surface area contributed by atoms with E-state index in [0.717, 1.165) is 66.1 Å². The predicted octanol–water partition coefficient (Wildman–Crippen LogP) is 9.22. The summed E-state index contributed by atoms with van der Waals surface area (Å²) < 4.78 is 15.8. The molecule has 0 aliphatic rings. The second kappa shape index (κ2) is 21.4. The fraction of sp³-hybridized carbons (Fsp3) is 0.240. The van der Waals surface area contributed by atoms with Crippen LogP contribution in [0.15, 0.2) is 126 Å². The first-order valence-electron chi connectivity index (χ1n) is 21.0. The first-order chi connectivity index (χ1) is 31.2. The monoisotopic (exact) mass is 880 g/mol. The second-order valence-corrected chi connectivity index (χ2v) is 16.0. The van der Waals surface area contributed by atoms with Crippen molar-refractivity contribution in [3.8, 4) is 5.75 Å². The van der Waals surface area contributed by atoms with Crippen molar-refractivity contribution in [3.05, 3.63) is 154 Å². The highest BCUT2D eigenvalue weighted by molar-refractivity contribution is 6.08. The van der Waals surface area contributed by atoms with Gasteiger partial charge in [-0.2, -0.15) is 0 Å². The summed E-state index contributed by atoms with van der Waals surface area (Å²) in [5.41, 5.74) is 7.50. The number of carboxylic acid groups (broad SMARTS) is 1. The molecule has 2 amide bonds. The van der Waals surface area contributed by atoms with Crippen molar-refractivity contribution in [1.82, 2.24) is 30.6 Å². The minimum Gasteiger partial charge on any atom is -0.480 e. The number of carbonyl (C=O) groups excluding carboxylic acids is 3. The largest absolute Gasteiger partial charge is 0.480 e. The first kappa shape index (κ1) is 46.6. The van der Waals surface area contributed by atoms with E-state index in [2.05, 4.69) is 30.6 Å². The summed E-state index contributed by atoms with van der Waals surface area (Å²) in [6.07, 6.45) is 2.29. The second-order valence-electron chi connectivity index (χ2n) is 16.0. The average molecular weight is 881 g/mol. The van der Waals surface area contributed by atoms with Gasteiger partial charge in [0.25, 0.3) is 0 Å². The van der Waals surface area contributed by atoms with Crippen molar-refractivity contribution in [2.24, 2.45) is 11.8 Å². The zero-order valence-corrected chi connectivity index (χ0v) is 36.9. The number of amides is 2. The maximum absolute atomic E-state index is 12.8. The molecular formula is C50H52N6O9. The number of carboxylic acids is 1. The fourth-order valence-corrected chi connectivity index (χ4v) is 6.97. The number of alkyl carbamates (subject to hydrolysis) is 2. The van der Waals surface area contributed by atoms with E-state index in [1.54, 1.807) is 44.3 Å². The van der Waals surface area contributed by atoms with Crippen molar-refractivity contribution in [2.45, 2.75) is 66.8 Å². The van der Waals surface area contributed by atoms with Crippen LogP contribution in [0.25, 0.3) is 43.6 Å². The Morgan fingerprint density at radius 2 is 1.18 bits per heavy atom. The van der Waals surface area contributed by atoms with Gasteiger partial charge in [-0.15, -0.1) is 0 Å². The minimum absolute atomic E-state index is 0.0377. The lowest BCUT2D eigenvalue weighted by Crippen LogP contribution is -2.46. The number of hydrogen-bond donors (Lipinski definition) is 6. The molecule has 8 aromatic rings. The number of nitrogens with one attached hydrogen (secondary N) is 5. The first-order valence-corrected chi connectivity index (χ1v) is 21.0. The quantitative estimate of drug-likeness (QED) is 0.0534. The van der Waals surface area contributed by atoms with Gasteiger partial charge >= 0.3 is 24.1 Å². The lowest BCUT2D eigenvalue weighted by molar-refractivity contribution is -0.140. The van der Waals surface area contributed by atoms with Crippen molar-refractivity contribution < 1.29 is 38.5 Å². The van der Waals surface area contributed by atoms with Crippen molar-refractivity contribution in [3.63, 3.8) is 0 Å². The third-order valence-electron chi connectivity index (χ3n) is 10.5. The summed E-state index contributed by atoms with van der Waals surface area (Å²) in [7, 11) is 0. The number of pyridine rings is 2. The number of aryl methyl sites for hydroxylation is 2. The van der Waals surface area contributed by atoms with Crippen LogP contribution in [0.3, 0.4) is 0 Å². The molecule has 336 valence electrons. The number of esters is 1. The SMILES string of the molecule is CC(C)[C@H](NC(=O)OCc1ccccc1)C(=O)O.Cc1[nH]ccc2c1[nH]c1cc(=O)ccc12.Cc1nccc2c1[nH]c1cc(OC(=O)[C@@H](NC(=O)OCc3ccccc3)C(C)C)ccc12. The molecule has 2 atom stereocenters. The van der Waals surface area contributed by atoms with E-state index in [1.165, 1.54) is 0 Å². The number of aromatic amines is 3. The van der Waals surface area contributed by atoms with Gasteiger partial charge in [-0.05, 0) is 73.2 Å². The number of hydrogen-bond acceptors (Lipinski definition) is 9. The summed E-state index contributed by atoms with van der Waals surface area (Å²) in [4.78, 5) is 72.6. The van der Waals surface area contributed by atoms with Crippen LogP contribution in [0.2, 0.25) is 0 Å². The lowest BCUT2D eigenvalue weighted by Gasteiger charge is -2.20. The van der Waals surface area contributed by atoms with Gasteiger partial charge in [0.15, 0.2) is 5.43 Å². The highest BCUT2D eigenvalue weighted by Crippen LogP contribution is 2.30. The van der Waals surface area contributed by atoms with Gasteiger partial charge < -0.3 is 44.9 Å². The lowest BCUT2D eigenvalue weighted by atomic mass is 10.1. The smallest absolute Gasteiger partial charge is 0.408 e. The molecule has 0 aliphatic heterocycles. The number of benzene rings is 4. The molecule has 15 nitrogen and oxygen atoms in total. The van der Waals surface area contributed by atoms with Crippen LogP contribution < -0.4 is 20.8 Å². The Morgan fingerprint density at radius 3 is 1.77 bits per heavy atom. The number of fused-ring (bicyclic) bond motifs is 6. The molecule has 15 heteroatoms. The third-order valence-corrected chi connectivity index (χ3v) is 10.5. The molecule has 4 aromatic heterocycles. The minimum atomic E-state index is -1.07. The molecule has 8 rings (SSSR count). The molecule has 4 heterocycles.